The maximum absolute atomic E-state index is 5.36. The van der Waals surface area contributed by atoms with Gasteiger partial charge in [-0.1, -0.05) is 30.3 Å². The van der Waals surface area contributed by atoms with Gasteiger partial charge in [-0.05, 0) is 37.6 Å². The van der Waals surface area contributed by atoms with Crippen molar-refractivity contribution in [2.45, 2.75) is 13.8 Å². The molecule has 3 heterocycles. The molecule has 0 aliphatic rings. The second-order valence-electron chi connectivity index (χ2n) is 5.60. The Labute approximate surface area is 149 Å². The second kappa shape index (κ2) is 6.49. The average molecular weight is 348 g/mol. The summed E-state index contributed by atoms with van der Waals surface area (Å²) in [5.74, 6) is 2.14. The van der Waals surface area contributed by atoms with Gasteiger partial charge in [0.25, 0.3) is 0 Å². The van der Waals surface area contributed by atoms with Crippen LogP contribution < -0.4 is 5.43 Å². The van der Waals surface area contributed by atoms with Gasteiger partial charge in [0.05, 0.1) is 11.6 Å². The minimum absolute atomic E-state index is 0.701. The van der Waals surface area contributed by atoms with E-state index in [-0.39, 0.29) is 0 Å². The molecule has 0 fully saturated rings. The number of hydrogen-bond donors (Lipinski definition) is 1. The van der Waals surface area contributed by atoms with Gasteiger partial charge in [-0.2, -0.15) is 5.10 Å². The van der Waals surface area contributed by atoms with Crippen molar-refractivity contribution in [3.8, 4) is 10.4 Å². The van der Waals surface area contributed by atoms with Gasteiger partial charge in [-0.25, -0.2) is 9.97 Å². The van der Waals surface area contributed by atoms with Crippen molar-refractivity contribution in [1.29, 1.82) is 0 Å². The molecule has 0 saturated carbocycles. The van der Waals surface area contributed by atoms with Crippen molar-refractivity contribution in [3.05, 3.63) is 66.4 Å². The normalized spacial score (nSPS) is 11.8. The van der Waals surface area contributed by atoms with E-state index in [0.29, 0.717) is 11.6 Å². The monoisotopic (exact) mass is 348 g/mol. The Morgan fingerprint density at radius 1 is 1.12 bits per heavy atom. The molecule has 4 rings (SSSR count). The molecular weight excluding hydrogens is 332 g/mol. The van der Waals surface area contributed by atoms with Crippen LogP contribution in [0, 0.1) is 6.92 Å². The highest BCUT2D eigenvalue weighted by Crippen LogP contribution is 2.35. The number of rotatable bonds is 4. The summed E-state index contributed by atoms with van der Waals surface area (Å²) >= 11 is 1.65. The Hall–Kier alpha value is -2.99. The van der Waals surface area contributed by atoms with E-state index in [0.717, 1.165) is 26.6 Å². The van der Waals surface area contributed by atoms with Crippen LogP contribution in [0.2, 0.25) is 0 Å². The number of aromatic nitrogens is 2. The van der Waals surface area contributed by atoms with Crippen LogP contribution in [0.15, 0.2) is 64.3 Å². The van der Waals surface area contributed by atoms with Gasteiger partial charge < -0.3 is 4.42 Å². The number of thiophene rings is 1. The third kappa shape index (κ3) is 3.16. The summed E-state index contributed by atoms with van der Waals surface area (Å²) in [6.45, 7) is 3.77. The summed E-state index contributed by atoms with van der Waals surface area (Å²) in [5, 5.41) is 5.36. The van der Waals surface area contributed by atoms with E-state index in [1.54, 1.807) is 17.6 Å². The first-order valence-electron chi connectivity index (χ1n) is 7.88. The maximum Gasteiger partial charge on any atom is 0.158 e. The quantitative estimate of drug-likeness (QED) is 0.412. The van der Waals surface area contributed by atoms with Crippen molar-refractivity contribution in [3.63, 3.8) is 0 Å². The first-order valence-corrected chi connectivity index (χ1v) is 8.70. The first-order chi connectivity index (χ1) is 12.2. The molecule has 124 valence electrons. The van der Waals surface area contributed by atoms with Crippen LogP contribution in [0.3, 0.4) is 0 Å². The molecule has 0 spiro atoms. The first kappa shape index (κ1) is 15.5. The molecule has 0 unspecified atom stereocenters. The fourth-order valence-corrected chi connectivity index (χ4v) is 3.62. The summed E-state index contributed by atoms with van der Waals surface area (Å²) in [6.07, 6.45) is 1.63. The van der Waals surface area contributed by atoms with Gasteiger partial charge in [0.15, 0.2) is 5.82 Å². The number of hydrazone groups is 1. The highest BCUT2D eigenvalue weighted by molar-refractivity contribution is 7.21. The third-order valence-corrected chi connectivity index (χ3v) is 4.85. The van der Waals surface area contributed by atoms with Crippen LogP contribution in [-0.4, -0.2) is 15.7 Å². The summed E-state index contributed by atoms with van der Waals surface area (Å²) < 4.78 is 5.36. The number of anilines is 1. The lowest BCUT2D eigenvalue weighted by atomic mass is 10.2. The molecule has 3 aromatic heterocycles. The van der Waals surface area contributed by atoms with E-state index in [9.17, 15) is 0 Å². The molecule has 0 amide bonds. The van der Waals surface area contributed by atoms with E-state index in [4.69, 9.17) is 4.42 Å². The zero-order chi connectivity index (χ0) is 17.2. The largest absolute Gasteiger partial charge is 0.463 e. The standard InChI is InChI=1S/C19H16N4OS/c1-12(16-9-6-10-24-16)22-23-18-15-11-17(14-7-4-3-5-8-14)25-19(15)21-13(2)20-18/h3-11H,1-2H3,(H,20,21,23)/b22-12-. The number of fused-ring (bicyclic) bond motifs is 1. The van der Waals surface area contributed by atoms with Crippen LogP contribution in [0.25, 0.3) is 20.7 Å². The molecule has 5 nitrogen and oxygen atoms in total. The van der Waals surface area contributed by atoms with Crippen LogP contribution >= 0.6 is 11.3 Å². The molecule has 0 aliphatic heterocycles. The number of nitrogens with one attached hydrogen (secondary N) is 1. The van der Waals surface area contributed by atoms with Gasteiger partial charge in [0.1, 0.15) is 22.1 Å². The SMILES string of the molecule is C/C(=N/Nc1nc(C)nc2sc(-c3ccccc3)cc12)c1ccco1. The molecule has 25 heavy (non-hydrogen) atoms. The number of nitrogens with zero attached hydrogens (tertiary/aromatic N) is 3. The van der Waals surface area contributed by atoms with Crippen LogP contribution in [0.4, 0.5) is 5.82 Å². The highest BCUT2D eigenvalue weighted by atomic mass is 32.1. The van der Waals surface area contributed by atoms with Crippen molar-refractivity contribution < 1.29 is 4.42 Å². The highest BCUT2D eigenvalue weighted by Gasteiger charge is 2.11. The topological polar surface area (TPSA) is 63.3 Å². The van der Waals surface area contributed by atoms with E-state index in [1.165, 1.54) is 5.56 Å². The molecule has 0 aliphatic carbocycles. The minimum Gasteiger partial charge on any atom is -0.463 e. The number of aryl methyl sites for hydroxylation is 1. The average Bonchev–Trinajstić information content (AvgIpc) is 3.29. The van der Waals surface area contributed by atoms with Gasteiger partial charge in [0, 0.05) is 4.88 Å². The zero-order valence-corrected chi connectivity index (χ0v) is 14.7. The molecule has 1 aromatic carbocycles. The Kier molecular flexibility index (Phi) is 4.03. The van der Waals surface area contributed by atoms with E-state index in [2.05, 4.69) is 38.7 Å². The maximum atomic E-state index is 5.36. The summed E-state index contributed by atoms with van der Waals surface area (Å²) in [6, 6.07) is 16.1. The Balaban J connectivity index is 1.73. The van der Waals surface area contributed by atoms with E-state index < -0.39 is 0 Å². The van der Waals surface area contributed by atoms with Crippen molar-refractivity contribution in [2.75, 3.05) is 5.43 Å². The van der Waals surface area contributed by atoms with Gasteiger partial charge in [0.2, 0.25) is 0 Å². The predicted octanol–water partition coefficient (Wildman–Crippen LogP) is 5.10. The summed E-state index contributed by atoms with van der Waals surface area (Å²) in [4.78, 5) is 11.2. The minimum atomic E-state index is 0.701. The smallest absolute Gasteiger partial charge is 0.158 e. The van der Waals surface area contributed by atoms with E-state index in [1.807, 2.05) is 44.2 Å². The van der Waals surface area contributed by atoms with Gasteiger partial charge in [-0.3, -0.25) is 5.43 Å². The number of benzene rings is 1. The van der Waals surface area contributed by atoms with Crippen LogP contribution in [0.1, 0.15) is 18.5 Å². The van der Waals surface area contributed by atoms with Gasteiger partial charge >= 0.3 is 0 Å². The Morgan fingerprint density at radius 3 is 2.72 bits per heavy atom. The summed E-state index contributed by atoms with van der Waals surface area (Å²) in [5.41, 5.74) is 4.99. The molecule has 4 aromatic rings. The van der Waals surface area contributed by atoms with Crippen molar-refractivity contribution in [2.24, 2.45) is 5.10 Å². The molecule has 1 N–H and O–H groups in total. The number of furan rings is 1. The molecular formula is C19H16N4OS. The lowest BCUT2D eigenvalue weighted by Crippen LogP contribution is -2.01. The fourth-order valence-electron chi connectivity index (χ4n) is 2.53. The van der Waals surface area contributed by atoms with Crippen LogP contribution in [0.5, 0.6) is 0 Å². The van der Waals surface area contributed by atoms with E-state index >= 15 is 0 Å². The Bertz CT molecular complexity index is 1040. The second-order valence-corrected chi connectivity index (χ2v) is 6.63. The fraction of sp³-hybridized carbons (Fsp3) is 0.105. The predicted molar refractivity (Wildman–Crippen MR) is 102 cm³/mol. The lowest BCUT2D eigenvalue weighted by molar-refractivity contribution is 0.557. The molecule has 6 heteroatoms. The molecule has 0 atom stereocenters. The van der Waals surface area contributed by atoms with Crippen LogP contribution in [-0.2, 0) is 0 Å². The third-order valence-electron chi connectivity index (χ3n) is 3.77. The molecule has 0 radical (unpaired) electrons. The van der Waals surface area contributed by atoms with Gasteiger partial charge in [-0.15, -0.1) is 11.3 Å². The number of hydrogen-bond acceptors (Lipinski definition) is 6. The summed E-state index contributed by atoms with van der Waals surface area (Å²) in [7, 11) is 0. The molecule has 0 saturated heterocycles. The lowest BCUT2D eigenvalue weighted by Gasteiger charge is -2.03. The van der Waals surface area contributed by atoms with Crippen molar-refractivity contribution in [1.82, 2.24) is 9.97 Å². The molecule has 0 bridgehead atoms. The Morgan fingerprint density at radius 2 is 1.96 bits per heavy atom. The van der Waals surface area contributed by atoms with Crippen molar-refractivity contribution >= 4 is 33.1 Å². The zero-order valence-electron chi connectivity index (χ0n) is 13.9.